The Morgan fingerprint density at radius 1 is 0.426 bits per heavy atom. The number of hydrogen-bond acceptors (Lipinski definition) is 3. The standard InChI is InChI=1S/C44H81NO2/c1-4-6-8-10-12-14-16-18-20-22-24-26-28-30-32-34-38-46-40-36-44(42-45(3)43-44)37-41-47-39-35-33-31-29-27-25-23-21-19-17-15-13-11-9-7-5-2/h4-12,14,16-18,20,22-43H2,1-3H3. The van der Waals surface area contributed by atoms with Gasteiger partial charge in [0.2, 0.25) is 0 Å². The van der Waals surface area contributed by atoms with Crippen LogP contribution in [0.25, 0.3) is 0 Å². The van der Waals surface area contributed by atoms with Crippen molar-refractivity contribution in [2.45, 2.75) is 206 Å². The van der Waals surface area contributed by atoms with Crippen LogP contribution in [-0.4, -0.2) is 51.5 Å². The van der Waals surface area contributed by atoms with Gasteiger partial charge in [0.25, 0.3) is 0 Å². The van der Waals surface area contributed by atoms with E-state index < -0.39 is 0 Å². The number of likely N-dealkylation sites (tertiary alicyclic amines) is 1. The van der Waals surface area contributed by atoms with Gasteiger partial charge in [-0.25, -0.2) is 0 Å². The molecule has 0 radical (unpaired) electrons. The van der Waals surface area contributed by atoms with Gasteiger partial charge in [0.1, 0.15) is 0 Å². The summed E-state index contributed by atoms with van der Waals surface area (Å²) in [7, 11) is 2.24. The molecule has 1 heterocycles. The van der Waals surface area contributed by atoms with E-state index in [0.29, 0.717) is 5.41 Å². The van der Waals surface area contributed by atoms with Crippen molar-refractivity contribution in [1.82, 2.24) is 4.90 Å². The second-order valence-corrected chi connectivity index (χ2v) is 14.9. The van der Waals surface area contributed by atoms with Gasteiger partial charge in [0.15, 0.2) is 0 Å². The number of unbranched alkanes of at least 4 members (excludes halogenated alkanes) is 24. The molecule has 1 rings (SSSR count). The van der Waals surface area contributed by atoms with Crippen LogP contribution in [0.2, 0.25) is 0 Å². The summed E-state index contributed by atoms with van der Waals surface area (Å²) in [6.07, 6.45) is 39.4. The van der Waals surface area contributed by atoms with Gasteiger partial charge in [0.05, 0.1) is 6.42 Å². The molecule has 0 aromatic heterocycles. The third-order valence-corrected chi connectivity index (χ3v) is 10.1. The molecule has 0 unspecified atom stereocenters. The van der Waals surface area contributed by atoms with Gasteiger partial charge in [0, 0.05) is 57.8 Å². The molecule has 274 valence electrons. The molecule has 1 aliphatic rings. The van der Waals surface area contributed by atoms with Crippen LogP contribution >= 0.6 is 0 Å². The van der Waals surface area contributed by atoms with E-state index in [-0.39, 0.29) is 0 Å². The Morgan fingerprint density at radius 3 is 1.17 bits per heavy atom. The van der Waals surface area contributed by atoms with Crippen LogP contribution in [0.5, 0.6) is 0 Å². The Labute approximate surface area is 295 Å². The van der Waals surface area contributed by atoms with Crippen LogP contribution in [-0.2, 0) is 9.47 Å². The van der Waals surface area contributed by atoms with Crippen LogP contribution in [0.4, 0.5) is 0 Å². The fourth-order valence-electron chi connectivity index (χ4n) is 7.01. The third-order valence-electron chi connectivity index (χ3n) is 10.1. The topological polar surface area (TPSA) is 21.7 Å². The first-order chi connectivity index (χ1) is 23.2. The molecule has 47 heavy (non-hydrogen) atoms. The molecule has 0 bridgehead atoms. The lowest BCUT2D eigenvalue weighted by atomic mass is 9.75. The maximum Gasteiger partial charge on any atom is 0.0702 e. The first-order valence-electron chi connectivity index (χ1n) is 21.0. The fourth-order valence-corrected chi connectivity index (χ4v) is 7.01. The van der Waals surface area contributed by atoms with Crippen molar-refractivity contribution in [3.8, 4) is 23.7 Å². The Kier molecular flexibility index (Phi) is 32.6. The molecule has 0 aromatic rings. The number of nitrogens with zero attached hydrogens (tertiary/aromatic N) is 1. The molecule has 1 fully saturated rings. The molecule has 0 aromatic carbocycles. The minimum Gasteiger partial charge on any atom is -0.381 e. The zero-order valence-electron chi connectivity index (χ0n) is 32.2. The maximum atomic E-state index is 6.09. The van der Waals surface area contributed by atoms with E-state index in [1.807, 2.05) is 0 Å². The maximum absolute atomic E-state index is 6.09. The van der Waals surface area contributed by atoms with Gasteiger partial charge in [-0.1, -0.05) is 161 Å². The SMILES string of the molecule is CCCCCC#CCC#CCCCCCCCCOCCC1(CCOCCCCCCCCCCCCCCCCCC)CN(C)C1. The highest BCUT2D eigenvalue weighted by Gasteiger charge is 2.40. The van der Waals surface area contributed by atoms with Crippen molar-refractivity contribution in [3.63, 3.8) is 0 Å². The second kappa shape index (κ2) is 34.8. The summed E-state index contributed by atoms with van der Waals surface area (Å²) < 4.78 is 12.2. The van der Waals surface area contributed by atoms with Crippen molar-refractivity contribution in [1.29, 1.82) is 0 Å². The fraction of sp³-hybridized carbons (Fsp3) is 0.909. The number of hydrogen-bond donors (Lipinski definition) is 0. The van der Waals surface area contributed by atoms with Crippen LogP contribution in [0.3, 0.4) is 0 Å². The summed E-state index contributed by atoms with van der Waals surface area (Å²) in [5.74, 6) is 12.9. The largest absolute Gasteiger partial charge is 0.381 e. The summed E-state index contributed by atoms with van der Waals surface area (Å²) in [6.45, 7) is 10.6. The first-order valence-corrected chi connectivity index (χ1v) is 21.0. The van der Waals surface area contributed by atoms with Gasteiger partial charge in [-0.15, -0.1) is 11.8 Å². The van der Waals surface area contributed by atoms with Crippen LogP contribution in [0.15, 0.2) is 0 Å². The molecule has 0 amide bonds. The first kappa shape index (κ1) is 44.0. The summed E-state index contributed by atoms with van der Waals surface area (Å²) in [5, 5.41) is 0. The number of rotatable bonds is 34. The van der Waals surface area contributed by atoms with Crippen LogP contribution in [0.1, 0.15) is 206 Å². The predicted molar refractivity (Wildman–Crippen MR) is 207 cm³/mol. The predicted octanol–water partition coefficient (Wildman–Crippen LogP) is 12.7. The molecule has 1 aliphatic heterocycles. The normalized spacial score (nSPS) is 13.9. The summed E-state index contributed by atoms with van der Waals surface area (Å²) in [6, 6.07) is 0. The molecule has 0 atom stereocenters. The lowest BCUT2D eigenvalue weighted by Gasteiger charge is -2.49. The van der Waals surface area contributed by atoms with E-state index in [2.05, 4.69) is 49.5 Å². The highest BCUT2D eigenvalue weighted by molar-refractivity contribution is 5.11. The highest BCUT2D eigenvalue weighted by atomic mass is 16.5. The van der Waals surface area contributed by atoms with E-state index >= 15 is 0 Å². The van der Waals surface area contributed by atoms with Crippen molar-refractivity contribution < 1.29 is 9.47 Å². The molecule has 3 heteroatoms. The zero-order valence-corrected chi connectivity index (χ0v) is 32.2. The second-order valence-electron chi connectivity index (χ2n) is 14.9. The van der Waals surface area contributed by atoms with Crippen molar-refractivity contribution in [3.05, 3.63) is 0 Å². The lowest BCUT2D eigenvalue weighted by Crippen LogP contribution is -2.55. The highest BCUT2D eigenvalue weighted by Crippen LogP contribution is 2.36. The smallest absolute Gasteiger partial charge is 0.0702 e. The monoisotopic (exact) mass is 656 g/mol. The Hall–Kier alpha value is -1.00. The average Bonchev–Trinajstić information content (AvgIpc) is 3.06. The van der Waals surface area contributed by atoms with E-state index in [4.69, 9.17) is 9.47 Å². The molecule has 0 aliphatic carbocycles. The quantitative estimate of drug-likeness (QED) is 0.0508. The van der Waals surface area contributed by atoms with E-state index in [1.54, 1.807) is 0 Å². The van der Waals surface area contributed by atoms with Crippen molar-refractivity contribution in [2.75, 3.05) is 46.6 Å². The number of ether oxygens (including phenoxy) is 2. The van der Waals surface area contributed by atoms with E-state index in [1.165, 1.54) is 186 Å². The summed E-state index contributed by atoms with van der Waals surface area (Å²) in [4.78, 5) is 2.45. The van der Waals surface area contributed by atoms with Gasteiger partial charge >= 0.3 is 0 Å². The van der Waals surface area contributed by atoms with Crippen molar-refractivity contribution >= 4 is 0 Å². The summed E-state index contributed by atoms with van der Waals surface area (Å²) in [5.41, 5.74) is 0.424. The van der Waals surface area contributed by atoms with Crippen LogP contribution < -0.4 is 0 Å². The average molecular weight is 656 g/mol. The molecular weight excluding hydrogens is 574 g/mol. The Balaban J connectivity index is 1.85. The molecule has 0 spiro atoms. The van der Waals surface area contributed by atoms with Gasteiger partial charge in [-0.2, -0.15) is 0 Å². The minimum absolute atomic E-state index is 0.424. The molecule has 1 saturated heterocycles. The lowest BCUT2D eigenvalue weighted by molar-refractivity contribution is -0.0366. The molecular formula is C44H81NO2. The Bertz CT molecular complexity index is 765. The van der Waals surface area contributed by atoms with E-state index in [0.717, 1.165) is 45.7 Å². The van der Waals surface area contributed by atoms with E-state index in [9.17, 15) is 0 Å². The zero-order chi connectivity index (χ0) is 33.8. The van der Waals surface area contributed by atoms with Gasteiger partial charge < -0.3 is 14.4 Å². The van der Waals surface area contributed by atoms with Gasteiger partial charge in [-0.3, -0.25) is 0 Å². The minimum atomic E-state index is 0.424. The molecule has 0 saturated carbocycles. The molecule has 0 N–H and O–H groups in total. The van der Waals surface area contributed by atoms with Gasteiger partial charge in [-0.05, 0) is 45.6 Å². The third kappa shape index (κ3) is 29.6. The Morgan fingerprint density at radius 2 is 0.766 bits per heavy atom. The molecule has 3 nitrogen and oxygen atoms in total. The summed E-state index contributed by atoms with van der Waals surface area (Å²) >= 11 is 0. The van der Waals surface area contributed by atoms with Crippen molar-refractivity contribution in [2.24, 2.45) is 5.41 Å². The van der Waals surface area contributed by atoms with Crippen LogP contribution in [0, 0.1) is 29.1 Å².